The Balaban J connectivity index is 3.37. The van der Waals surface area contributed by atoms with Crippen molar-refractivity contribution in [3.05, 3.63) is 34.2 Å². The zero-order valence-corrected chi connectivity index (χ0v) is 8.97. The van der Waals surface area contributed by atoms with Gasteiger partial charge in [0.25, 0.3) is 10.0 Å². The van der Waals surface area contributed by atoms with E-state index >= 15 is 0 Å². The average molecular weight is 238 g/mol. The van der Waals surface area contributed by atoms with Crippen LogP contribution in [0.25, 0.3) is 10.4 Å². The van der Waals surface area contributed by atoms with Gasteiger partial charge in [-0.3, -0.25) is 0 Å². The van der Waals surface area contributed by atoms with Crippen LogP contribution >= 0.6 is 0 Å². The summed E-state index contributed by atoms with van der Waals surface area (Å²) >= 11 is 0. The second-order valence-electron chi connectivity index (χ2n) is 2.80. The van der Waals surface area contributed by atoms with Gasteiger partial charge in [-0.05, 0) is 36.2 Å². The standard InChI is InChI=1S/C8H6N4O3S/c1-6-4-7(16(14,15)12-11-9)2-3-8(6)10-5-13/h2-4H,1H3. The maximum absolute atomic E-state index is 11.3. The summed E-state index contributed by atoms with van der Waals surface area (Å²) in [6.07, 6.45) is 1.35. The molecular formula is C8H6N4O3S. The van der Waals surface area contributed by atoms with Crippen molar-refractivity contribution in [3.8, 4) is 0 Å². The van der Waals surface area contributed by atoms with Crippen LogP contribution in [0, 0.1) is 6.92 Å². The molecule has 82 valence electrons. The van der Waals surface area contributed by atoms with Gasteiger partial charge < -0.3 is 0 Å². The second-order valence-corrected chi connectivity index (χ2v) is 4.38. The van der Waals surface area contributed by atoms with Gasteiger partial charge in [0.15, 0.2) is 0 Å². The number of azide groups is 1. The molecule has 0 aromatic heterocycles. The van der Waals surface area contributed by atoms with Crippen molar-refractivity contribution in [2.45, 2.75) is 11.8 Å². The number of aryl methyl sites for hydroxylation is 1. The molecule has 7 nitrogen and oxygen atoms in total. The van der Waals surface area contributed by atoms with Gasteiger partial charge in [-0.2, -0.15) is 4.99 Å². The Morgan fingerprint density at radius 2 is 2.12 bits per heavy atom. The van der Waals surface area contributed by atoms with Crippen molar-refractivity contribution < 1.29 is 13.2 Å². The molecule has 16 heavy (non-hydrogen) atoms. The number of hydrogen-bond donors (Lipinski definition) is 0. The fraction of sp³-hybridized carbons (Fsp3) is 0.125. The minimum absolute atomic E-state index is 0.146. The van der Waals surface area contributed by atoms with Crippen molar-refractivity contribution in [2.75, 3.05) is 0 Å². The van der Waals surface area contributed by atoms with E-state index in [0.29, 0.717) is 11.3 Å². The predicted molar refractivity (Wildman–Crippen MR) is 55.3 cm³/mol. The van der Waals surface area contributed by atoms with Gasteiger partial charge >= 0.3 is 0 Å². The van der Waals surface area contributed by atoms with E-state index in [9.17, 15) is 13.2 Å². The zero-order chi connectivity index (χ0) is 12.2. The molecule has 0 fully saturated rings. The number of isocyanates is 1. The third kappa shape index (κ3) is 2.46. The maximum Gasteiger partial charge on any atom is 0.264 e. The van der Waals surface area contributed by atoms with E-state index in [0.717, 1.165) is 0 Å². The first-order valence-electron chi connectivity index (χ1n) is 4.01. The molecule has 0 spiro atoms. The van der Waals surface area contributed by atoms with Crippen molar-refractivity contribution >= 4 is 21.8 Å². The molecule has 8 heteroatoms. The smallest absolute Gasteiger partial charge is 0.216 e. The van der Waals surface area contributed by atoms with Crippen LogP contribution in [0.1, 0.15) is 5.56 Å². The summed E-state index contributed by atoms with van der Waals surface area (Å²) in [5, 5.41) is 0. The van der Waals surface area contributed by atoms with Crippen molar-refractivity contribution in [3.63, 3.8) is 0 Å². The first-order valence-corrected chi connectivity index (χ1v) is 5.45. The molecule has 0 aliphatic carbocycles. The number of nitrogens with zero attached hydrogens (tertiary/aromatic N) is 4. The van der Waals surface area contributed by atoms with E-state index in [2.05, 4.69) is 14.4 Å². The fourth-order valence-electron chi connectivity index (χ4n) is 1.06. The minimum atomic E-state index is -4.00. The molecule has 0 unspecified atom stereocenters. The molecule has 1 aromatic rings. The molecule has 0 N–H and O–H groups in total. The van der Waals surface area contributed by atoms with Crippen LogP contribution in [0.3, 0.4) is 0 Å². The van der Waals surface area contributed by atoms with Crippen LogP contribution in [0.4, 0.5) is 5.69 Å². The van der Waals surface area contributed by atoms with Crippen molar-refractivity contribution in [1.29, 1.82) is 0 Å². The largest absolute Gasteiger partial charge is 0.264 e. The van der Waals surface area contributed by atoms with Gasteiger partial charge in [-0.25, -0.2) is 13.2 Å². The first-order chi connectivity index (χ1) is 7.51. The summed E-state index contributed by atoms with van der Waals surface area (Å²) in [6, 6.07) is 3.80. The lowest BCUT2D eigenvalue weighted by atomic mass is 10.2. The highest BCUT2D eigenvalue weighted by atomic mass is 32.2. The quantitative estimate of drug-likeness (QED) is 0.263. The summed E-state index contributed by atoms with van der Waals surface area (Å²) in [5.41, 5.74) is 8.87. The normalized spacial score (nSPS) is 10.1. The van der Waals surface area contributed by atoms with E-state index in [1.54, 1.807) is 6.92 Å². The summed E-state index contributed by atoms with van der Waals surface area (Å²) < 4.78 is 25.3. The third-order valence-corrected chi connectivity index (χ3v) is 2.91. The number of rotatable bonds is 3. The molecule has 0 bridgehead atoms. The number of carbonyl (C=O) groups excluding carboxylic acids is 1. The van der Waals surface area contributed by atoms with Gasteiger partial charge in [0.2, 0.25) is 6.08 Å². The van der Waals surface area contributed by atoms with Gasteiger partial charge in [-0.1, -0.05) is 0 Å². The van der Waals surface area contributed by atoms with Crippen molar-refractivity contribution in [1.82, 2.24) is 0 Å². The molecule has 0 saturated carbocycles. The van der Waals surface area contributed by atoms with E-state index in [1.807, 2.05) is 0 Å². The van der Waals surface area contributed by atoms with Crippen molar-refractivity contribution in [2.24, 2.45) is 9.51 Å². The molecule has 0 aliphatic heterocycles. The Morgan fingerprint density at radius 1 is 1.44 bits per heavy atom. The summed E-state index contributed by atoms with van der Waals surface area (Å²) in [4.78, 5) is 15.5. The number of aliphatic imine (C=N–C) groups is 1. The molecule has 1 aromatic carbocycles. The highest BCUT2D eigenvalue weighted by Crippen LogP contribution is 2.22. The Kier molecular flexibility index (Phi) is 3.42. The predicted octanol–water partition coefficient (Wildman–Crippen LogP) is 1.96. The zero-order valence-electron chi connectivity index (χ0n) is 8.15. The lowest BCUT2D eigenvalue weighted by Crippen LogP contribution is -1.95. The lowest BCUT2D eigenvalue weighted by Gasteiger charge is -2.01. The van der Waals surface area contributed by atoms with Crippen LogP contribution in [-0.4, -0.2) is 14.5 Å². The second kappa shape index (κ2) is 4.59. The van der Waals surface area contributed by atoms with Crippen LogP contribution < -0.4 is 0 Å². The number of sulfonamides is 1. The lowest BCUT2D eigenvalue weighted by molar-refractivity contribution is 0.565. The van der Waals surface area contributed by atoms with Gasteiger partial charge in [0, 0.05) is 9.43 Å². The van der Waals surface area contributed by atoms with Gasteiger partial charge in [-0.15, -0.1) is 0 Å². The van der Waals surface area contributed by atoms with E-state index in [4.69, 9.17) is 5.53 Å². The molecule has 0 heterocycles. The number of benzene rings is 1. The monoisotopic (exact) mass is 238 g/mol. The molecular weight excluding hydrogens is 232 g/mol. The Morgan fingerprint density at radius 3 is 2.62 bits per heavy atom. The summed E-state index contributed by atoms with van der Waals surface area (Å²) in [5.74, 6) is 0. The third-order valence-electron chi connectivity index (χ3n) is 1.78. The molecule has 0 atom stereocenters. The van der Waals surface area contributed by atoms with E-state index in [-0.39, 0.29) is 4.90 Å². The molecule has 1 rings (SSSR count). The highest BCUT2D eigenvalue weighted by Gasteiger charge is 2.12. The number of hydrogen-bond acceptors (Lipinski definition) is 4. The minimum Gasteiger partial charge on any atom is -0.216 e. The van der Waals surface area contributed by atoms with Crippen LogP contribution in [-0.2, 0) is 14.8 Å². The molecule has 0 radical (unpaired) electrons. The van der Waals surface area contributed by atoms with Crippen LogP contribution in [0.2, 0.25) is 0 Å². The first kappa shape index (κ1) is 11.9. The Hall–Kier alpha value is -2.14. The topological polar surface area (TPSA) is 112 Å². The molecule has 0 aliphatic rings. The highest BCUT2D eigenvalue weighted by molar-refractivity contribution is 7.90. The maximum atomic E-state index is 11.3. The molecule has 0 amide bonds. The Bertz CT molecular complexity index is 610. The molecule has 0 saturated heterocycles. The van der Waals surface area contributed by atoms with Gasteiger partial charge in [0.05, 0.1) is 10.6 Å². The van der Waals surface area contributed by atoms with E-state index in [1.165, 1.54) is 24.3 Å². The average Bonchev–Trinajstić information content (AvgIpc) is 2.21. The van der Waals surface area contributed by atoms with Gasteiger partial charge in [0.1, 0.15) is 0 Å². The van der Waals surface area contributed by atoms with E-state index < -0.39 is 10.0 Å². The van der Waals surface area contributed by atoms with Crippen LogP contribution in [0.15, 0.2) is 32.6 Å². The fourth-order valence-corrected chi connectivity index (χ4v) is 1.81. The van der Waals surface area contributed by atoms with Crippen LogP contribution in [0.5, 0.6) is 0 Å². The summed E-state index contributed by atoms with van der Waals surface area (Å²) in [7, 11) is -4.00. The Labute approximate surface area is 91.1 Å². The summed E-state index contributed by atoms with van der Waals surface area (Å²) in [6.45, 7) is 1.57. The SMILES string of the molecule is Cc1cc(S(=O)(=O)N=[N+]=[N-])ccc1N=C=O.